The van der Waals surface area contributed by atoms with Crippen molar-refractivity contribution in [2.45, 2.75) is 88.6 Å². The maximum Gasteiger partial charge on any atom is 0.0236 e. The molecule has 0 saturated heterocycles. The Balaban J connectivity index is 0. The highest BCUT2D eigenvalue weighted by molar-refractivity contribution is 5.38. The molecule has 23 heavy (non-hydrogen) atoms. The maximum atomic E-state index is 2.48. The van der Waals surface area contributed by atoms with Crippen LogP contribution in [-0.4, -0.2) is 18.0 Å². The van der Waals surface area contributed by atoms with Gasteiger partial charge >= 0.3 is 0 Å². The van der Waals surface area contributed by atoms with E-state index in [9.17, 15) is 0 Å². The molecule has 0 unspecified atom stereocenters. The van der Waals surface area contributed by atoms with Crippen molar-refractivity contribution in [1.29, 1.82) is 0 Å². The van der Waals surface area contributed by atoms with Crippen molar-refractivity contribution in [2.75, 3.05) is 13.1 Å². The Kier molecular flexibility index (Phi) is 14.5. The van der Waals surface area contributed by atoms with E-state index in [4.69, 9.17) is 0 Å². The van der Waals surface area contributed by atoms with Crippen LogP contribution in [0.1, 0.15) is 90.5 Å². The van der Waals surface area contributed by atoms with Crippen molar-refractivity contribution in [3.05, 3.63) is 34.4 Å². The van der Waals surface area contributed by atoms with Crippen LogP contribution in [0.15, 0.2) is 12.1 Å². The minimum atomic E-state index is 0.616. The second-order valence-electron chi connectivity index (χ2n) is 6.97. The molecule has 136 valence electrons. The van der Waals surface area contributed by atoms with Gasteiger partial charge in [0.15, 0.2) is 0 Å². The first kappa shape index (κ1) is 24.4. The van der Waals surface area contributed by atoms with Gasteiger partial charge in [-0.2, -0.15) is 0 Å². The fraction of sp³-hybridized carbons (Fsp3) is 0.727. The first-order chi connectivity index (χ1) is 10.7. The molecule has 0 aliphatic carbocycles. The summed E-state index contributed by atoms with van der Waals surface area (Å²) in [5.41, 5.74) is 5.85. The molecule has 1 aromatic rings. The zero-order chi connectivity index (χ0) is 18.6. The smallest absolute Gasteiger partial charge is 0.0236 e. The van der Waals surface area contributed by atoms with Crippen LogP contribution in [0.2, 0.25) is 0 Å². The number of aryl methyl sites for hydroxylation is 1. The van der Waals surface area contributed by atoms with Crippen LogP contribution >= 0.6 is 0 Å². The largest absolute Gasteiger partial charge is 0.300 e. The van der Waals surface area contributed by atoms with Crippen LogP contribution < -0.4 is 0 Å². The second kappa shape index (κ2) is 13.6. The van der Waals surface area contributed by atoms with E-state index in [2.05, 4.69) is 79.3 Å². The fourth-order valence-corrected chi connectivity index (χ4v) is 2.15. The predicted octanol–water partition coefficient (Wildman–Crippen LogP) is 6.96. The molecule has 1 rings (SSSR count). The van der Waals surface area contributed by atoms with Gasteiger partial charge in [-0.15, -0.1) is 0 Å². The van der Waals surface area contributed by atoms with Crippen LogP contribution in [0.5, 0.6) is 0 Å². The topological polar surface area (TPSA) is 3.24 Å². The molecule has 0 aromatic heterocycles. The molecular weight excluding hydrogens is 278 g/mol. The molecule has 0 aliphatic rings. The highest BCUT2D eigenvalue weighted by Crippen LogP contribution is 2.23. The number of hydrogen-bond donors (Lipinski definition) is 0. The molecule has 1 nitrogen and oxygen atoms in total. The Labute approximate surface area is 147 Å². The van der Waals surface area contributed by atoms with Crippen LogP contribution in [0, 0.1) is 19.8 Å². The van der Waals surface area contributed by atoms with Gasteiger partial charge in [-0.1, -0.05) is 74.4 Å². The Hall–Kier alpha value is -0.820. The standard InChI is InChI=1S/C16H27N.C4H10.C2H6/c1-7-17(8-2)11-16-10-15(12(3)4)9-13(5)14(16)6;1-4(2)3;1-2/h9-10,12H,7-8,11H2,1-6H3;4H,1-3H3;1-2H3. The van der Waals surface area contributed by atoms with Gasteiger partial charge in [-0.25, -0.2) is 0 Å². The molecular formula is C22H43N. The summed E-state index contributed by atoms with van der Waals surface area (Å²) in [6.07, 6.45) is 0. The van der Waals surface area contributed by atoms with Gasteiger partial charge in [0.2, 0.25) is 0 Å². The molecule has 0 bridgehead atoms. The summed E-state index contributed by atoms with van der Waals surface area (Å²) < 4.78 is 0. The number of benzene rings is 1. The highest BCUT2D eigenvalue weighted by atomic mass is 15.1. The van der Waals surface area contributed by atoms with Crippen molar-refractivity contribution in [2.24, 2.45) is 5.92 Å². The average Bonchev–Trinajstić information content (AvgIpc) is 2.49. The summed E-state index contributed by atoms with van der Waals surface area (Å²) in [6, 6.07) is 4.73. The zero-order valence-electron chi connectivity index (χ0n) is 17.9. The van der Waals surface area contributed by atoms with Gasteiger partial charge in [-0.05, 0) is 61.0 Å². The molecule has 0 heterocycles. The molecule has 1 heteroatoms. The summed E-state index contributed by atoms with van der Waals surface area (Å²) in [5.74, 6) is 1.45. The quantitative estimate of drug-likeness (QED) is 0.566. The number of nitrogens with zero attached hydrogens (tertiary/aromatic N) is 1. The van der Waals surface area contributed by atoms with E-state index >= 15 is 0 Å². The van der Waals surface area contributed by atoms with E-state index in [0.29, 0.717) is 5.92 Å². The molecule has 0 spiro atoms. The lowest BCUT2D eigenvalue weighted by Crippen LogP contribution is -2.22. The lowest BCUT2D eigenvalue weighted by Gasteiger charge is -2.21. The van der Waals surface area contributed by atoms with Gasteiger partial charge in [0.25, 0.3) is 0 Å². The summed E-state index contributed by atoms with van der Waals surface area (Å²) >= 11 is 0. The lowest BCUT2D eigenvalue weighted by atomic mass is 9.94. The normalized spacial score (nSPS) is 10.3. The Morgan fingerprint density at radius 3 is 1.65 bits per heavy atom. The van der Waals surface area contributed by atoms with Gasteiger partial charge in [0.05, 0.1) is 0 Å². The fourth-order valence-electron chi connectivity index (χ4n) is 2.15. The van der Waals surface area contributed by atoms with Crippen LogP contribution in [0.25, 0.3) is 0 Å². The van der Waals surface area contributed by atoms with E-state index in [1.807, 2.05) is 13.8 Å². The third-order valence-electron chi connectivity index (χ3n) is 3.75. The molecule has 0 atom stereocenters. The van der Waals surface area contributed by atoms with Gasteiger partial charge in [0, 0.05) is 6.54 Å². The zero-order valence-corrected chi connectivity index (χ0v) is 17.9. The first-order valence-corrected chi connectivity index (χ1v) is 9.55. The summed E-state index contributed by atoms with van der Waals surface area (Å²) in [5, 5.41) is 0. The van der Waals surface area contributed by atoms with Crippen molar-refractivity contribution < 1.29 is 0 Å². The summed E-state index contributed by atoms with van der Waals surface area (Å²) in [4.78, 5) is 2.48. The lowest BCUT2D eigenvalue weighted by molar-refractivity contribution is 0.295. The van der Waals surface area contributed by atoms with Crippen molar-refractivity contribution >= 4 is 0 Å². The Morgan fingerprint density at radius 2 is 1.30 bits per heavy atom. The van der Waals surface area contributed by atoms with E-state index in [-0.39, 0.29) is 0 Å². The van der Waals surface area contributed by atoms with Crippen molar-refractivity contribution in [1.82, 2.24) is 4.90 Å². The molecule has 0 aliphatic heterocycles. The highest BCUT2D eigenvalue weighted by Gasteiger charge is 2.09. The maximum absolute atomic E-state index is 2.48. The molecule has 0 amide bonds. The molecule has 1 aromatic carbocycles. The minimum Gasteiger partial charge on any atom is -0.300 e. The second-order valence-corrected chi connectivity index (χ2v) is 6.97. The molecule has 0 fully saturated rings. The number of hydrogen-bond acceptors (Lipinski definition) is 1. The van der Waals surface area contributed by atoms with Gasteiger partial charge in [0.1, 0.15) is 0 Å². The van der Waals surface area contributed by atoms with Gasteiger partial charge < -0.3 is 0 Å². The monoisotopic (exact) mass is 321 g/mol. The third kappa shape index (κ3) is 10.5. The van der Waals surface area contributed by atoms with E-state index in [1.54, 1.807) is 0 Å². The number of rotatable bonds is 5. The average molecular weight is 322 g/mol. The predicted molar refractivity (Wildman–Crippen MR) is 108 cm³/mol. The van der Waals surface area contributed by atoms with Crippen LogP contribution in [0.4, 0.5) is 0 Å². The van der Waals surface area contributed by atoms with Crippen molar-refractivity contribution in [3.8, 4) is 0 Å². The Morgan fingerprint density at radius 1 is 0.870 bits per heavy atom. The van der Waals surface area contributed by atoms with E-state index in [1.165, 1.54) is 22.3 Å². The minimum absolute atomic E-state index is 0.616. The summed E-state index contributed by atoms with van der Waals surface area (Å²) in [7, 11) is 0. The first-order valence-electron chi connectivity index (χ1n) is 9.55. The van der Waals surface area contributed by atoms with Crippen LogP contribution in [0.3, 0.4) is 0 Å². The van der Waals surface area contributed by atoms with Gasteiger partial charge in [-0.3, -0.25) is 4.90 Å². The molecule has 0 saturated carbocycles. The van der Waals surface area contributed by atoms with Crippen LogP contribution in [-0.2, 0) is 6.54 Å². The molecule has 0 radical (unpaired) electrons. The summed E-state index contributed by atoms with van der Waals surface area (Å²) in [6.45, 7) is 27.3. The Bertz CT molecular complexity index is 398. The SMILES string of the molecule is CC.CC(C)C.CCN(CC)Cc1cc(C(C)C)cc(C)c1C. The van der Waals surface area contributed by atoms with E-state index < -0.39 is 0 Å². The van der Waals surface area contributed by atoms with E-state index in [0.717, 1.165) is 25.6 Å². The van der Waals surface area contributed by atoms with Crippen molar-refractivity contribution in [3.63, 3.8) is 0 Å². The third-order valence-corrected chi connectivity index (χ3v) is 3.75. The molecule has 0 N–H and O–H groups in total.